The molecule has 0 unspecified atom stereocenters. The van der Waals surface area contributed by atoms with Crippen molar-refractivity contribution in [1.29, 1.82) is 0 Å². The zero-order valence-corrected chi connectivity index (χ0v) is 20.4. The molecule has 1 saturated heterocycles. The van der Waals surface area contributed by atoms with Gasteiger partial charge in [0.05, 0.1) is 24.5 Å². The maximum Gasteiger partial charge on any atom is 0.215 e. The van der Waals surface area contributed by atoms with Crippen LogP contribution in [0.1, 0.15) is 15.9 Å². The highest BCUT2D eigenvalue weighted by Crippen LogP contribution is 2.40. The zero-order chi connectivity index (χ0) is 24.1. The number of halogens is 2. The summed E-state index contributed by atoms with van der Waals surface area (Å²) in [7, 11) is 3.72. The van der Waals surface area contributed by atoms with Crippen LogP contribution < -0.4 is 4.74 Å². The first-order valence-electron chi connectivity index (χ1n) is 10.7. The van der Waals surface area contributed by atoms with Crippen molar-refractivity contribution in [2.45, 2.75) is 18.4 Å². The number of ketones is 1. The van der Waals surface area contributed by atoms with Gasteiger partial charge in [-0.15, -0.1) is 0 Å². The predicted molar refractivity (Wildman–Crippen MR) is 130 cm³/mol. The van der Waals surface area contributed by atoms with E-state index in [9.17, 15) is 4.79 Å². The lowest BCUT2D eigenvalue weighted by Crippen LogP contribution is -2.34. The molecule has 9 heteroatoms. The topological polar surface area (TPSA) is 65.8 Å². The number of ether oxygens (including phenoxy) is 3. The Morgan fingerprint density at radius 1 is 1.26 bits per heavy atom. The number of rotatable bonds is 9. The summed E-state index contributed by atoms with van der Waals surface area (Å²) in [6.45, 7) is 0.951. The number of benzene rings is 2. The fraction of sp³-hybridized carbons (Fsp3) is 0.280. The molecule has 7 nitrogen and oxygen atoms in total. The van der Waals surface area contributed by atoms with Gasteiger partial charge in [0.15, 0.2) is 5.78 Å². The van der Waals surface area contributed by atoms with Gasteiger partial charge < -0.3 is 23.7 Å². The fourth-order valence-corrected chi connectivity index (χ4v) is 4.15. The van der Waals surface area contributed by atoms with E-state index in [1.54, 1.807) is 55.1 Å². The summed E-state index contributed by atoms with van der Waals surface area (Å²) in [4.78, 5) is 18.1. The molecule has 2 heterocycles. The third-order valence-corrected chi connectivity index (χ3v) is 5.80. The molecule has 0 amide bonds. The van der Waals surface area contributed by atoms with Gasteiger partial charge in [-0.3, -0.25) is 4.79 Å². The number of imidazole rings is 1. The van der Waals surface area contributed by atoms with Crippen LogP contribution in [0.4, 0.5) is 0 Å². The van der Waals surface area contributed by atoms with Gasteiger partial charge in [0.1, 0.15) is 18.5 Å². The Morgan fingerprint density at radius 2 is 2.06 bits per heavy atom. The molecule has 0 radical (unpaired) electrons. The van der Waals surface area contributed by atoms with Crippen molar-refractivity contribution < 1.29 is 19.0 Å². The first-order chi connectivity index (χ1) is 16.3. The molecule has 2 atom stereocenters. The molecule has 1 aromatic heterocycles. The maximum absolute atomic E-state index is 12.2. The molecule has 34 heavy (non-hydrogen) atoms. The highest BCUT2D eigenvalue weighted by molar-refractivity contribution is 6.35. The average molecular weight is 502 g/mol. The molecule has 0 N–H and O–H groups in total. The smallest absolute Gasteiger partial charge is 0.215 e. The molecule has 0 aliphatic carbocycles. The van der Waals surface area contributed by atoms with Crippen molar-refractivity contribution in [2.24, 2.45) is 0 Å². The summed E-state index contributed by atoms with van der Waals surface area (Å²) in [5, 5.41) is 0.987. The van der Waals surface area contributed by atoms with Crippen LogP contribution in [0.25, 0.3) is 0 Å². The van der Waals surface area contributed by atoms with Gasteiger partial charge in [-0.1, -0.05) is 29.3 Å². The fourth-order valence-electron chi connectivity index (χ4n) is 3.59. The van der Waals surface area contributed by atoms with Crippen molar-refractivity contribution in [1.82, 2.24) is 14.5 Å². The first-order valence-corrected chi connectivity index (χ1v) is 11.4. The molecule has 0 spiro atoms. The van der Waals surface area contributed by atoms with E-state index in [2.05, 4.69) is 4.98 Å². The molecular formula is C25H25Cl2N3O4. The van der Waals surface area contributed by atoms with Crippen molar-refractivity contribution in [3.05, 3.63) is 94.6 Å². The summed E-state index contributed by atoms with van der Waals surface area (Å²) >= 11 is 12.6. The largest absolute Gasteiger partial charge is 0.491 e. The van der Waals surface area contributed by atoms with Crippen LogP contribution in [0.5, 0.6) is 5.75 Å². The first kappa shape index (κ1) is 24.3. The minimum Gasteiger partial charge on any atom is -0.491 e. The summed E-state index contributed by atoms with van der Waals surface area (Å²) in [6, 6.07) is 12.2. The zero-order valence-electron chi connectivity index (χ0n) is 18.9. The quantitative estimate of drug-likeness (QED) is 0.310. The Kier molecular flexibility index (Phi) is 7.58. The SMILES string of the molecule is CN(C)C=CC(=O)c1ccc(OC[C@@H]2CO[C@@](Cn3ccnc3)(c3ccc(Cl)cc3Cl)O2)cc1. The highest BCUT2D eigenvalue weighted by atomic mass is 35.5. The Morgan fingerprint density at radius 3 is 2.74 bits per heavy atom. The highest BCUT2D eigenvalue weighted by Gasteiger charge is 2.45. The van der Waals surface area contributed by atoms with Gasteiger partial charge in [-0.05, 0) is 36.4 Å². The number of hydrogen-bond donors (Lipinski definition) is 0. The summed E-state index contributed by atoms with van der Waals surface area (Å²) < 4.78 is 20.4. The van der Waals surface area contributed by atoms with Crippen LogP contribution in [0, 0.1) is 0 Å². The normalized spacial score (nSPS) is 20.1. The number of nitrogens with zero attached hydrogens (tertiary/aromatic N) is 3. The van der Waals surface area contributed by atoms with E-state index in [0.29, 0.717) is 40.1 Å². The van der Waals surface area contributed by atoms with Crippen molar-refractivity contribution >= 4 is 29.0 Å². The Labute approximate surface area is 208 Å². The van der Waals surface area contributed by atoms with Crippen LogP contribution in [0.2, 0.25) is 10.0 Å². The van der Waals surface area contributed by atoms with Gasteiger partial charge in [-0.2, -0.15) is 0 Å². The van der Waals surface area contributed by atoms with Gasteiger partial charge in [0, 0.05) is 54.9 Å². The molecule has 0 bridgehead atoms. The lowest BCUT2D eigenvalue weighted by Gasteiger charge is -2.30. The van der Waals surface area contributed by atoms with Crippen molar-refractivity contribution in [3.63, 3.8) is 0 Å². The molecule has 1 fully saturated rings. The van der Waals surface area contributed by atoms with Crippen molar-refractivity contribution in [2.75, 3.05) is 27.3 Å². The summed E-state index contributed by atoms with van der Waals surface area (Å²) in [5.74, 6) is -0.545. The van der Waals surface area contributed by atoms with Crippen molar-refractivity contribution in [3.8, 4) is 5.75 Å². The van der Waals surface area contributed by atoms with E-state index in [4.69, 9.17) is 37.4 Å². The molecule has 1 aliphatic heterocycles. The molecule has 2 aromatic carbocycles. The number of aromatic nitrogens is 2. The summed E-state index contributed by atoms with van der Waals surface area (Å²) in [6.07, 6.45) is 8.13. The molecule has 178 valence electrons. The molecule has 0 saturated carbocycles. The predicted octanol–water partition coefficient (Wildman–Crippen LogP) is 4.80. The van der Waals surface area contributed by atoms with Gasteiger partial charge >= 0.3 is 0 Å². The van der Waals surface area contributed by atoms with Gasteiger partial charge in [0.2, 0.25) is 5.79 Å². The lowest BCUT2D eigenvalue weighted by molar-refractivity contribution is -0.189. The minimum atomic E-state index is -1.11. The average Bonchev–Trinajstić information content (AvgIpc) is 3.47. The maximum atomic E-state index is 12.2. The van der Waals surface area contributed by atoms with Gasteiger partial charge in [0.25, 0.3) is 0 Å². The van der Waals surface area contributed by atoms with E-state index in [1.165, 1.54) is 6.08 Å². The third kappa shape index (κ3) is 5.80. The third-order valence-electron chi connectivity index (χ3n) is 5.25. The van der Waals surface area contributed by atoms with E-state index >= 15 is 0 Å². The van der Waals surface area contributed by atoms with Gasteiger partial charge in [-0.25, -0.2) is 4.98 Å². The Balaban J connectivity index is 1.43. The number of allylic oxidation sites excluding steroid dienone is 1. The standard InChI is InChI=1S/C25H25Cl2N3O4/c1-29(2)11-9-24(31)18-3-6-20(7-4-18)32-14-21-15-33-25(34-21,16-30-12-10-28-17-30)22-8-5-19(26)13-23(22)27/h3-13,17,21H,14-16H2,1-2H3/t21-,25-/m1/s1. The molecular weight excluding hydrogens is 477 g/mol. The number of hydrogen-bond acceptors (Lipinski definition) is 6. The number of carbonyl (C=O) groups excluding carboxylic acids is 1. The Bertz CT molecular complexity index is 1150. The van der Waals surface area contributed by atoms with E-state index < -0.39 is 5.79 Å². The van der Waals surface area contributed by atoms with Crippen LogP contribution in [-0.4, -0.2) is 53.6 Å². The molecule has 4 rings (SSSR count). The monoisotopic (exact) mass is 501 g/mol. The second-order valence-electron chi connectivity index (χ2n) is 8.14. The number of carbonyl (C=O) groups is 1. The van der Waals surface area contributed by atoms with Crippen LogP contribution in [0.3, 0.4) is 0 Å². The Hall–Kier alpha value is -2.84. The van der Waals surface area contributed by atoms with E-state index in [-0.39, 0.29) is 18.5 Å². The van der Waals surface area contributed by atoms with Crippen LogP contribution in [0.15, 0.2) is 73.5 Å². The molecule has 1 aliphatic rings. The molecule has 3 aromatic rings. The second kappa shape index (κ2) is 10.6. The second-order valence-corrected chi connectivity index (χ2v) is 8.99. The summed E-state index contributed by atoms with van der Waals surface area (Å²) in [5.41, 5.74) is 1.27. The van der Waals surface area contributed by atoms with Crippen LogP contribution in [-0.2, 0) is 21.8 Å². The minimum absolute atomic E-state index is 0.0723. The van der Waals surface area contributed by atoms with E-state index in [0.717, 1.165) is 0 Å². The lowest BCUT2D eigenvalue weighted by atomic mass is 10.1. The van der Waals surface area contributed by atoms with E-state index in [1.807, 2.05) is 35.8 Å². The van der Waals surface area contributed by atoms with Crippen LogP contribution >= 0.6 is 23.2 Å².